The van der Waals surface area contributed by atoms with E-state index in [2.05, 4.69) is 37.7 Å². The summed E-state index contributed by atoms with van der Waals surface area (Å²) in [6.07, 6.45) is 5.82. The average molecular weight is 414 g/mol. The van der Waals surface area contributed by atoms with Crippen molar-refractivity contribution in [2.24, 2.45) is 11.8 Å². The molecule has 5 nitrogen and oxygen atoms in total. The summed E-state index contributed by atoms with van der Waals surface area (Å²) in [5.74, 6) is 0.931. The van der Waals surface area contributed by atoms with Gasteiger partial charge in [-0.3, -0.25) is 0 Å². The Bertz CT molecular complexity index is 808. The molecule has 0 atom stereocenters. The summed E-state index contributed by atoms with van der Waals surface area (Å²) >= 11 is 3.40. The van der Waals surface area contributed by atoms with Gasteiger partial charge in [-0.2, -0.15) is 0 Å². The number of piperidine rings is 1. The highest BCUT2D eigenvalue weighted by atomic mass is 79.9. The van der Waals surface area contributed by atoms with E-state index < -0.39 is 10.0 Å². The maximum absolute atomic E-state index is 12.3. The number of halogens is 1. The van der Waals surface area contributed by atoms with Crippen LogP contribution in [0.4, 0.5) is 0 Å². The number of rotatable bonds is 5. The minimum Gasteiger partial charge on any atom is -0.346 e. The summed E-state index contributed by atoms with van der Waals surface area (Å²) in [5.41, 5.74) is 1.13. The van der Waals surface area contributed by atoms with Crippen molar-refractivity contribution in [1.29, 1.82) is 0 Å². The minimum atomic E-state index is -3.10. The molecule has 0 radical (unpaired) electrons. The summed E-state index contributed by atoms with van der Waals surface area (Å²) in [6, 6.07) is 4.12. The highest BCUT2D eigenvalue weighted by molar-refractivity contribution is 9.10. The molecule has 1 fully saturated rings. The van der Waals surface area contributed by atoms with Crippen molar-refractivity contribution in [2.75, 3.05) is 18.8 Å². The predicted molar refractivity (Wildman–Crippen MR) is 100 cm³/mol. The lowest BCUT2D eigenvalue weighted by Crippen LogP contribution is -2.41. The van der Waals surface area contributed by atoms with Crippen molar-refractivity contribution in [3.63, 3.8) is 0 Å². The molecule has 0 bridgehead atoms. The zero-order valence-corrected chi connectivity index (χ0v) is 16.6. The predicted octanol–water partition coefficient (Wildman–Crippen LogP) is 3.50. The molecule has 0 aromatic carbocycles. The third kappa shape index (κ3) is 4.00. The Balaban J connectivity index is 1.63. The fourth-order valence-electron chi connectivity index (χ4n) is 3.39. The largest absolute Gasteiger partial charge is 0.346 e. The topological polar surface area (TPSA) is 55.2 Å². The first-order valence-corrected chi connectivity index (χ1v) is 10.8. The number of hydrogen-bond acceptors (Lipinski definition) is 3. The normalized spacial score (nSPS) is 17.8. The molecule has 7 heteroatoms. The van der Waals surface area contributed by atoms with Gasteiger partial charge in [-0.05, 0) is 52.7 Å². The summed E-state index contributed by atoms with van der Waals surface area (Å²) in [5, 5.41) is 1.17. The molecule has 0 saturated carbocycles. The second kappa shape index (κ2) is 7.14. The van der Waals surface area contributed by atoms with E-state index in [0.29, 0.717) is 19.0 Å². The van der Waals surface area contributed by atoms with Crippen LogP contribution in [0.15, 0.2) is 29.1 Å². The van der Waals surface area contributed by atoms with E-state index in [9.17, 15) is 8.42 Å². The lowest BCUT2D eigenvalue weighted by atomic mass is 9.98. The molecule has 1 aliphatic heterocycles. The molecule has 1 saturated heterocycles. The van der Waals surface area contributed by atoms with E-state index in [4.69, 9.17) is 0 Å². The zero-order chi connectivity index (χ0) is 17.3. The second-order valence-electron chi connectivity index (χ2n) is 7.05. The van der Waals surface area contributed by atoms with Gasteiger partial charge in [-0.15, -0.1) is 0 Å². The van der Waals surface area contributed by atoms with Crippen LogP contribution in [0.5, 0.6) is 0 Å². The third-order valence-electron chi connectivity index (χ3n) is 4.59. The second-order valence-corrected chi connectivity index (χ2v) is 9.87. The summed E-state index contributed by atoms with van der Waals surface area (Å²) in [7, 11) is -3.10. The van der Waals surface area contributed by atoms with Crippen LogP contribution < -0.4 is 0 Å². The van der Waals surface area contributed by atoms with Crippen LogP contribution in [0.25, 0.3) is 10.9 Å². The number of fused-ring (bicyclic) bond motifs is 1. The van der Waals surface area contributed by atoms with Crippen LogP contribution in [0.3, 0.4) is 0 Å². The van der Waals surface area contributed by atoms with Gasteiger partial charge < -0.3 is 4.57 Å². The van der Waals surface area contributed by atoms with Crippen LogP contribution in [0, 0.1) is 11.8 Å². The number of pyridine rings is 1. The first-order valence-electron chi connectivity index (χ1n) is 8.43. The van der Waals surface area contributed by atoms with Crippen molar-refractivity contribution in [3.8, 4) is 0 Å². The van der Waals surface area contributed by atoms with E-state index in [1.54, 1.807) is 4.31 Å². The average Bonchev–Trinajstić information content (AvgIpc) is 2.88. The standard InChI is InChI=1S/C17H24BrN3O2S/c1-13(2)12-24(22,23)21-7-3-14(4-8-21)11-20-6-5-15-9-17(18)19-10-16(15)20/h5-6,9-10,13-14H,3-4,7-8,11-12H2,1-2H3. The Morgan fingerprint density at radius 2 is 2.04 bits per heavy atom. The monoisotopic (exact) mass is 413 g/mol. The van der Waals surface area contributed by atoms with Gasteiger partial charge in [-0.25, -0.2) is 17.7 Å². The van der Waals surface area contributed by atoms with Gasteiger partial charge in [0, 0.05) is 31.2 Å². The molecular weight excluding hydrogens is 390 g/mol. The molecule has 2 aromatic rings. The fourth-order valence-corrected chi connectivity index (χ4v) is 5.56. The van der Waals surface area contributed by atoms with Gasteiger partial charge in [0.1, 0.15) is 4.60 Å². The molecule has 1 aliphatic rings. The van der Waals surface area contributed by atoms with Crippen molar-refractivity contribution >= 4 is 36.9 Å². The van der Waals surface area contributed by atoms with Crippen LogP contribution in [-0.2, 0) is 16.6 Å². The van der Waals surface area contributed by atoms with Gasteiger partial charge in [0.05, 0.1) is 17.5 Å². The van der Waals surface area contributed by atoms with Crippen molar-refractivity contribution in [2.45, 2.75) is 33.2 Å². The number of nitrogens with zero attached hydrogens (tertiary/aromatic N) is 3. The van der Waals surface area contributed by atoms with E-state index in [1.165, 1.54) is 5.39 Å². The molecule has 3 rings (SSSR count). The van der Waals surface area contributed by atoms with Crippen molar-refractivity contribution in [1.82, 2.24) is 13.9 Å². The summed E-state index contributed by atoms with van der Waals surface area (Å²) in [4.78, 5) is 4.31. The summed E-state index contributed by atoms with van der Waals surface area (Å²) < 4.78 is 29.4. The van der Waals surface area contributed by atoms with Gasteiger partial charge in [0.2, 0.25) is 10.0 Å². The molecule has 2 aromatic heterocycles. The first kappa shape index (κ1) is 17.9. The Morgan fingerprint density at radius 1 is 1.33 bits per heavy atom. The fraction of sp³-hybridized carbons (Fsp3) is 0.588. The number of aromatic nitrogens is 2. The van der Waals surface area contributed by atoms with Crippen LogP contribution in [0.2, 0.25) is 0 Å². The lowest BCUT2D eigenvalue weighted by Gasteiger charge is -2.32. The van der Waals surface area contributed by atoms with E-state index in [0.717, 1.165) is 29.5 Å². The highest BCUT2D eigenvalue weighted by Crippen LogP contribution is 2.25. The van der Waals surface area contributed by atoms with Crippen LogP contribution in [0.1, 0.15) is 26.7 Å². The number of hydrogen-bond donors (Lipinski definition) is 0. The zero-order valence-electron chi connectivity index (χ0n) is 14.2. The Hall–Kier alpha value is -0.920. The van der Waals surface area contributed by atoms with E-state index in [1.807, 2.05) is 26.1 Å². The van der Waals surface area contributed by atoms with Crippen molar-refractivity contribution in [3.05, 3.63) is 29.1 Å². The molecule has 0 N–H and O–H groups in total. The molecule has 0 aliphatic carbocycles. The van der Waals surface area contributed by atoms with Crippen LogP contribution >= 0.6 is 15.9 Å². The molecule has 0 unspecified atom stereocenters. The molecule has 3 heterocycles. The van der Waals surface area contributed by atoms with Gasteiger partial charge in [0.15, 0.2) is 0 Å². The quantitative estimate of drug-likeness (QED) is 0.704. The van der Waals surface area contributed by atoms with E-state index in [-0.39, 0.29) is 11.7 Å². The Kier molecular flexibility index (Phi) is 5.32. The smallest absolute Gasteiger partial charge is 0.214 e. The lowest BCUT2D eigenvalue weighted by molar-refractivity contribution is 0.254. The van der Waals surface area contributed by atoms with Gasteiger partial charge >= 0.3 is 0 Å². The minimum absolute atomic E-state index is 0.172. The highest BCUT2D eigenvalue weighted by Gasteiger charge is 2.28. The van der Waals surface area contributed by atoms with Gasteiger partial charge in [-0.1, -0.05) is 13.8 Å². The van der Waals surface area contributed by atoms with Gasteiger partial charge in [0.25, 0.3) is 0 Å². The molecule has 0 amide bonds. The molecule has 24 heavy (non-hydrogen) atoms. The summed E-state index contributed by atoms with van der Waals surface area (Å²) in [6.45, 7) is 6.11. The SMILES string of the molecule is CC(C)CS(=O)(=O)N1CCC(Cn2ccc3cc(Br)ncc32)CC1. The van der Waals surface area contributed by atoms with E-state index >= 15 is 0 Å². The number of sulfonamides is 1. The Morgan fingerprint density at radius 3 is 2.71 bits per heavy atom. The third-order valence-corrected chi connectivity index (χ3v) is 7.26. The maximum Gasteiger partial charge on any atom is 0.214 e. The Labute approximate surface area is 152 Å². The van der Waals surface area contributed by atoms with Crippen molar-refractivity contribution < 1.29 is 8.42 Å². The molecule has 132 valence electrons. The van der Waals surface area contributed by atoms with Crippen LogP contribution in [-0.4, -0.2) is 41.1 Å². The molecular formula is C17H24BrN3O2S. The maximum atomic E-state index is 12.3. The first-order chi connectivity index (χ1) is 11.3. The molecule has 0 spiro atoms.